The van der Waals surface area contributed by atoms with Crippen LogP contribution in [0.3, 0.4) is 0 Å². The van der Waals surface area contributed by atoms with Gasteiger partial charge in [0.15, 0.2) is 0 Å². The van der Waals surface area contributed by atoms with Gasteiger partial charge >= 0.3 is 360 Å². The Bertz CT molecular complexity index is 1950. The molecule has 4 rings (SSSR count). The first-order valence-corrected chi connectivity index (χ1v) is 25.9. The number of halogens is 6. The van der Waals surface area contributed by atoms with Crippen molar-refractivity contribution in [1.82, 2.24) is 0 Å². The second kappa shape index (κ2) is 24.3. The maximum absolute atomic E-state index is 13.0. The number of hydrogen-bond donors (Lipinski definition) is 1. The number of rotatable bonds is 21. The summed E-state index contributed by atoms with van der Waals surface area (Å²) >= 11 is -0.192. The Hall–Kier alpha value is -4.22. The van der Waals surface area contributed by atoms with Crippen LogP contribution in [0.25, 0.3) is 0 Å². The number of ether oxygens (including phenoxy) is 7. The van der Waals surface area contributed by atoms with Crippen molar-refractivity contribution < 1.29 is 74.2 Å². The van der Waals surface area contributed by atoms with E-state index in [4.69, 9.17) is 33.2 Å². The number of carbonyl (C=O) groups is 2. The Morgan fingerprint density at radius 3 is 1.43 bits per heavy atom. The quantitative estimate of drug-likeness (QED) is 0.0390. The van der Waals surface area contributed by atoms with E-state index in [1.54, 1.807) is 0 Å². The van der Waals surface area contributed by atoms with Gasteiger partial charge < -0.3 is 0 Å². The van der Waals surface area contributed by atoms with Crippen LogP contribution in [0.1, 0.15) is 31.8 Å². The molecule has 0 aliphatic heterocycles. The average Bonchev–Trinajstić information content (AvgIpc) is 3.18. The van der Waals surface area contributed by atoms with Gasteiger partial charge in [0.25, 0.3) is 0 Å². The van der Waals surface area contributed by atoms with Crippen LogP contribution in [0.4, 0.5) is 26.3 Å². The van der Waals surface area contributed by atoms with Crippen LogP contribution >= 0.6 is 0 Å². The van der Waals surface area contributed by atoms with Crippen molar-refractivity contribution in [3.8, 4) is 23.0 Å². The topological polar surface area (TPSA) is 119 Å². The second-order valence-electron chi connectivity index (χ2n) is 13.8. The summed E-state index contributed by atoms with van der Waals surface area (Å²) in [6, 6.07) is 25.1. The minimum absolute atomic E-state index is 0.0315. The zero-order chi connectivity index (χ0) is 44.3. The molecule has 60 heavy (non-hydrogen) atoms. The molecule has 0 amide bonds. The van der Waals surface area contributed by atoms with Crippen LogP contribution in [-0.4, -0.2) is 115 Å². The molecule has 0 saturated carbocycles. The molecule has 4 aromatic rings. The predicted molar refractivity (Wildman–Crippen MR) is 217 cm³/mol. The number of methoxy groups -OCH3 is 2. The van der Waals surface area contributed by atoms with E-state index in [0.717, 1.165) is 21.0 Å². The predicted octanol–water partition coefficient (Wildman–Crippen LogP) is 7.47. The molecule has 0 fully saturated rings. The van der Waals surface area contributed by atoms with Gasteiger partial charge in [0.05, 0.1) is 0 Å². The molecule has 0 aliphatic carbocycles. The average molecular weight is 999 g/mol. The van der Waals surface area contributed by atoms with Crippen molar-refractivity contribution in [2.24, 2.45) is 0 Å². The Labute approximate surface area is 358 Å². The minimum atomic E-state index is -4.51. The van der Waals surface area contributed by atoms with Gasteiger partial charge in [-0.1, -0.05) is 0 Å². The van der Waals surface area contributed by atoms with Crippen LogP contribution in [0.5, 0.6) is 23.0 Å². The number of carbonyl (C=O) groups excluding carboxylic acids is 1. The molecule has 1 N–H and O–H groups in total. The summed E-state index contributed by atoms with van der Waals surface area (Å²) in [4.78, 5) is 24.7. The third-order valence-corrected chi connectivity index (χ3v) is 13.7. The first kappa shape index (κ1) is 50.1. The summed E-state index contributed by atoms with van der Waals surface area (Å²) in [7, 11) is 1.34. The molecular weight excluding hydrogens is 952 g/mol. The molecule has 0 saturated heterocycles. The molecule has 19 heteroatoms. The van der Waals surface area contributed by atoms with Crippen molar-refractivity contribution in [1.29, 1.82) is 0 Å². The Morgan fingerprint density at radius 1 is 0.633 bits per heavy atom. The van der Waals surface area contributed by atoms with Gasteiger partial charge in [0.1, 0.15) is 0 Å². The third kappa shape index (κ3) is 19.0. The second-order valence-corrected chi connectivity index (χ2v) is 23.8. The first-order chi connectivity index (χ1) is 28.3. The Balaban J connectivity index is 0.000000327. The van der Waals surface area contributed by atoms with Crippen molar-refractivity contribution in [3.63, 3.8) is 0 Å². The fourth-order valence-corrected chi connectivity index (χ4v) is 9.33. The van der Waals surface area contributed by atoms with E-state index in [1.165, 1.54) is 32.4 Å². The van der Waals surface area contributed by atoms with Gasteiger partial charge in [0, 0.05) is 0 Å². The van der Waals surface area contributed by atoms with Crippen molar-refractivity contribution in [2.45, 2.75) is 48.7 Å². The molecule has 328 valence electrons. The summed E-state index contributed by atoms with van der Waals surface area (Å²) in [6.07, 6.45) is -9.00. The summed E-state index contributed by atoms with van der Waals surface area (Å²) in [5, 5.41) is 10.4. The standard InChI is InChI=1S/C23H29F3O5SeSi.C18H17F3O5Se/c1-28-16-31-20-13-18(30-15-23(24,25)26)12-17(14-32-19-8-6-5-7-9-19)21(20)22(27)29-10-11-33(2,3)4;1-24-11-26-15-8-13(25-10-18(19,20)21)7-12(16(15)17(22)23)9-27-14-5-3-2-4-6-14/h5-9,12-13H,10-11,14-16H2,1-4H3;2-8H,9-11H2,1H3,(H,22,23). The van der Waals surface area contributed by atoms with E-state index in [2.05, 4.69) is 19.6 Å². The van der Waals surface area contributed by atoms with Gasteiger partial charge in [0.2, 0.25) is 0 Å². The molecule has 4 aromatic carbocycles. The summed E-state index contributed by atoms with van der Waals surface area (Å²) in [6.45, 7) is 3.45. The number of aromatic carboxylic acids is 1. The van der Waals surface area contributed by atoms with E-state index in [-0.39, 0.29) is 84.2 Å². The number of esters is 1. The van der Waals surface area contributed by atoms with Crippen LogP contribution in [-0.2, 0) is 24.8 Å². The molecule has 0 atom stereocenters. The number of benzene rings is 4. The van der Waals surface area contributed by atoms with E-state index < -0.39 is 45.6 Å². The SMILES string of the molecule is COCOc1cc(OCC(F)(F)F)cc(C[Se]c2ccccc2)c1C(=O)O.COCOc1cc(OCC(F)(F)F)cc(C[Se]c2ccccc2)c1C(=O)OCC[Si](C)(C)C. The van der Waals surface area contributed by atoms with Crippen LogP contribution in [0.2, 0.25) is 25.7 Å². The number of carboxylic acid groups (broad SMARTS) is 1. The van der Waals surface area contributed by atoms with Gasteiger partial charge in [-0.2, -0.15) is 0 Å². The normalized spacial score (nSPS) is 11.6. The fourth-order valence-electron chi connectivity index (χ4n) is 4.84. The molecule has 0 unspecified atom stereocenters. The van der Waals surface area contributed by atoms with E-state index >= 15 is 0 Å². The van der Waals surface area contributed by atoms with Crippen molar-refractivity contribution in [2.75, 3.05) is 47.6 Å². The molecule has 0 aromatic heterocycles. The van der Waals surface area contributed by atoms with Gasteiger partial charge in [-0.3, -0.25) is 0 Å². The molecule has 0 aliphatic rings. The Morgan fingerprint density at radius 2 is 1.05 bits per heavy atom. The molecule has 0 bridgehead atoms. The summed E-state index contributed by atoms with van der Waals surface area (Å²) < 4.78 is 113. The van der Waals surface area contributed by atoms with Crippen molar-refractivity contribution in [3.05, 3.63) is 107 Å². The van der Waals surface area contributed by atoms with Gasteiger partial charge in [-0.25, -0.2) is 0 Å². The zero-order valence-corrected chi connectivity index (χ0v) is 37.9. The molecule has 10 nitrogen and oxygen atoms in total. The summed E-state index contributed by atoms with van der Waals surface area (Å²) in [5.41, 5.74) is 0.948. The van der Waals surface area contributed by atoms with Crippen LogP contribution < -0.4 is 27.9 Å². The number of carboxylic acids is 1. The van der Waals surface area contributed by atoms with E-state index in [9.17, 15) is 41.0 Å². The monoisotopic (exact) mass is 1000 g/mol. The fraction of sp³-hybridized carbons (Fsp3) is 0.366. The molecular formula is C41H46F6O10Se2Si. The zero-order valence-electron chi connectivity index (χ0n) is 33.4. The maximum atomic E-state index is 13.0. The molecule has 0 spiro atoms. The van der Waals surface area contributed by atoms with Gasteiger partial charge in [-0.05, 0) is 0 Å². The first-order valence-electron chi connectivity index (χ1n) is 18.0. The van der Waals surface area contributed by atoms with Crippen LogP contribution in [0.15, 0.2) is 84.9 Å². The van der Waals surface area contributed by atoms with Crippen molar-refractivity contribution >= 4 is 58.8 Å². The van der Waals surface area contributed by atoms with E-state index in [1.807, 2.05) is 60.7 Å². The number of hydrogen-bond acceptors (Lipinski definition) is 9. The van der Waals surface area contributed by atoms with E-state index in [0.29, 0.717) is 21.8 Å². The molecule has 0 heterocycles. The number of alkyl halides is 6. The Kier molecular flexibility index (Phi) is 20.3. The van der Waals surface area contributed by atoms with Crippen LogP contribution in [0, 0.1) is 0 Å². The third-order valence-electron chi connectivity index (χ3n) is 7.56. The molecule has 0 radical (unpaired) electrons. The van der Waals surface area contributed by atoms with Gasteiger partial charge in [-0.15, -0.1) is 0 Å². The summed E-state index contributed by atoms with van der Waals surface area (Å²) in [5.74, 6) is -1.96.